The zero-order chi connectivity index (χ0) is 18.8. The van der Waals surface area contributed by atoms with Gasteiger partial charge in [0, 0.05) is 45.8 Å². The number of nitrogens with one attached hydrogen (secondary N) is 1. The molecule has 0 rings (SSSR count). The highest BCUT2D eigenvalue weighted by Gasteiger charge is 2.12. The number of rotatable bonds is 16. The molecule has 0 aliphatic heterocycles. The minimum absolute atomic E-state index is 0.0102. The second-order valence-corrected chi connectivity index (χ2v) is 5.36. The van der Waals surface area contributed by atoms with E-state index in [1.165, 1.54) is 6.92 Å². The van der Waals surface area contributed by atoms with Gasteiger partial charge in [-0.3, -0.25) is 4.79 Å². The number of ether oxygens (including phenoxy) is 4. The molecule has 3 N–H and O–H groups in total. The normalized spacial score (nSPS) is 11.8. The lowest BCUT2D eigenvalue weighted by Crippen LogP contribution is -2.29. The maximum absolute atomic E-state index is 11.6. The van der Waals surface area contributed by atoms with Crippen molar-refractivity contribution in [2.24, 2.45) is 5.92 Å². The molecule has 0 saturated heterocycles. The lowest BCUT2D eigenvalue weighted by molar-refractivity contribution is -0.142. The number of carbonyl (C=O) groups excluding carboxylic acids is 2. The smallest absolute Gasteiger partial charge is 0.407 e. The zero-order valence-corrected chi connectivity index (χ0v) is 14.9. The summed E-state index contributed by atoms with van der Waals surface area (Å²) in [4.78, 5) is 22.1. The monoisotopic (exact) mass is 365 g/mol. The van der Waals surface area contributed by atoms with E-state index in [0.29, 0.717) is 52.2 Å². The summed E-state index contributed by atoms with van der Waals surface area (Å²) in [5, 5.41) is 20.3. The average molecular weight is 365 g/mol. The fraction of sp³-hybridized carbons (Fsp3) is 0.875. The van der Waals surface area contributed by atoms with Gasteiger partial charge in [0.2, 0.25) is 0 Å². The molecule has 0 aromatic carbocycles. The Morgan fingerprint density at radius 2 is 1.68 bits per heavy atom. The molecule has 0 aromatic rings. The second kappa shape index (κ2) is 17.4. The van der Waals surface area contributed by atoms with Crippen molar-refractivity contribution < 1.29 is 38.7 Å². The molecule has 0 saturated carbocycles. The number of esters is 1. The Bertz CT molecular complexity index is 340. The fourth-order valence-corrected chi connectivity index (χ4v) is 1.77. The van der Waals surface area contributed by atoms with Crippen molar-refractivity contribution in [1.29, 1.82) is 0 Å². The van der Waals surface area contributed by atoms with E-state index in [1.54, 1.807) is 0 Å². The van der Waals surface area contributed by atoms with Crippen molar-refractivity contribution in [1.82, 2.24) is 5.32 Å². The molecule has 0 spiro atoms. The molecule has 25 heavy (non-hydrogen) atoms. The van der Waals surface area contributed by atoms with E-state index >= 15 is 0 Å². The lowest BCUT2D eigenvalue weighted by Gasteiger charge is -2.16. The van der Waals surface area contributed by atoms with E-state index in [0.717, 1.165) is 0 Å². The molecule has 9 heteroatoms. The molecule has 1 unspecified atom stereocenters. The van der Waals surface area contributed by atoms with Gasteiger partial charge in [0.15, 0.2) is 0 Å². The first-order chi connectivity index (χ1) is 12.1. The van der Waals surface area contributed by atoms with E-state index in [1.807, 2.05) is 0 Å². The molecular formula is C16H31NO8. The fourth-order valence-electron chi connectivity index (χ4n) is 1.77. The molecular weight excluding hydrogens is 334 g/mol. The van der Waals surface area contributed by atoms with Crippen LogP contribution in [-0.2, 0) is 23.7 Å². The zero-order valence-electron chi connectivity index (χ0n) is 14.9. The van der Waals surface area contributed by atoms with Crippen molar-refractivity contribution in [3.05, 3.63) is 0 Å². The number of alkyl carbamates (subject to hydrolysis) is 1. The highest BCUT2D eigenvalue weighted by Crippen LogP contribution is 2.05. The summed E-state index contributed by atoms with van der Waals surface area (Å²) in [7, 11) is 0. The van der Waals surface area contributed by atoms with Crippen LogP contribution in [0.4, 0.5) is 4.79 Å². The summed E-state index contributed by atoms with van der Waals surface area (Å²) in [5.41, 5.74) is 0. The van der Waals surface area contributed by atoms with Crippen LogP contribution in [0.3, 0.4) is 0 Å². The van der Waals surface area contributed by atoms with Gasteiger partial charge in [-0.15, -0.1) is 0 Å². The summed E-state index contributed by atoms with van der Waals surface area (Å²) in [5.74, 6) is -0.426. The Labute approximate surface area is 148 Å². The van der Waals surface area contributed by atoms with Crippen LogP contribution in [0.1, 0.15) is 26.2 Å². The van der Waals surface area contributed by atoms with Crippen LogP contribution >= 0.6 is 0 Å². The van der Waals surface area contributed by atoms with Crippen molar-refractivity contribution in [3.8, 4) is 0 Å². The maximum atomic E-state index is 11.6. The Balaban J connectivity index is 3.59. The molecule has 148 valence electrons. The van der Waals surface area contributed by atoms with Gasteiger partial charge in [0.1, 0.15) is 6.61 Å². The number of hydrogen-bond acceptors (Lipinski definition) is 8. The van der Waals surface area contributed by atoms with E-state index in [4.69, 9.17) is 29.2 Å². The first-order valence-electron chi connectivity index (χ1n) is 8.51. The quantitative estimate of drug-likeness (QED) is 0.259. The average Bonchev–Trinajstić information content (AvgIpc) is 2.58. The van der Waals surface area contributed by atoms with Crippen LogP contribution in [0, 0.1) is 5.92 Å². The minimum atomic E-state index is -0.529. The van der Waals surface area contributed by atoms with Gasteiger partial charge in [-0.2, -0.15) is 0 Å². The topological polar surface area (TPSA) is 124 Å². The number of hydrogen-bond donors (Lipinski definition) is 3. The van der Waals surface area contributed by atoms with Crippen molar-refractivity contribution in [3.63, 3.8) is 0 Å². The molecule has 1 atom stereocenters. The molecule has 0 heterocycles. The number of amides is 1. The lowest BCUT2D eigenvalue weighted by atomic mass is 10.1. The molecule has 0 aromatic heterocycles. The third-order valence-electron chi connectivity index (χ3n) is 3.06. The third kappa shape index (κ3) is 17.2. The molecule has 1 amide bonds. The first-order valence-corrected chi connectivity index (χ1v) is 8.51. The summed E-state index contributed by atoms with van der Waals surface area (Å²) in [6.45, 7) is 3.73. The van der Waals surface area contributed by atoms with Crippen LogP contribution in [0.5, 0.6) is 0 Å². The SMILES string of the molecule is CC(=O)OCCOCCCNC(=O)OCC(CCO)COCCCO. The van der Waals surface area contributed by atoms with Crippen molar-refractivity contribution in [2.45, 2.75) is 26.2 Å². The number of aliphatic hydroxyl groups excluding tert-OH is 2. The number of aliphatic hydroxyl groups is 2. The molecule has 0 fully saturated rings. The van der Waals surface area contributed by atoms with Gasteiger partial charge in [-0.1, -0.05) is 0 Å². The van der Waals surface area contributed by atoms with Crippen molar-refractivity contribution >= 4 is 12.1 Å². The Morgan fingerprint density at radius 1 is 0.920 bits per heavy atom. The summed E-state index contributed by atoms with van der Waals surface area (Å²) >= 11 is 0. The van der Waals surface area contributed by atoms with Crippen LogP contribution in [0.2, 0.25) is 0 Å². The highest BCUT2D eigenvalue weighted by atomic mass is 16.6. The van der Waals surface area contributed by atoms with Gasteiger partial charge >= 0.3 is 12.1 Å². The summed E-state index contributed by atoms with van der Waals surface area (Å²) in [6.07, 6.45) is 1.11. The molecule has 0 bridgehead atoms. The van der Waals surface area contributed by atoms with E-state index in [-0.39, 0.29) is 38.3 Å². The second-order valence-electron chi connectivity index (χ2n) is 5.36. The van der Waals surface area contributed by atoms with Crippen molar-refractivity contribution in [2.75, 3.05) is 59.4 Å². The first kappa shape index (κ1) is 23.6. The molecule has 0 aliphatic rings. The van der Waals surface area contributed by atoms with Crippen LogP contribution in [0.15, 0.2) is 0 Å². The highest BCUT2D eigenvalue weighted by molar-refractivity contribution is 5.67. The van der Waals surface area contributed by atoms with Gasteiger partial charge < -0.3 is 34.5 Å². The van der Waals surface area contributed by atoms with Crippen LogP contribution < -0.4 is 5.32 Å². The Morgan fingerprint density at radius 3 is 2.36 bits per heavy atom. The summed E-state index contributed by atoms with van der Waals surface area (Å²) in [6, 6.07) is 0. The minimum Gasteiger partial charge on any atom is -0.463 e. The Kier molecular flexibility index (Phi) is 16.4. The van der Waals surface area contributed by atoms with Gasteiger partial charge in [0.05, 0.1) is 19.8 Å². The standard InChI is InChI=1S/C16H31NO8/c1-14(20)24-11-10-22-8-2-5-17-16(21)25-13-15(4-7-19)12-23-9-3-6-18/h15,18-19H,2-13H2,1H3,(H,17,21). The van der Waals surface area contributed by atoms with E-state index in [9.17, 15) is 9.59 Å². The molecule has 9 nitrogen and oxygen atoms in total. The predicted octanol–water partition coefficient (Wildman–Crippen LogP) is 0.0800. The molecule has 0 radical (unpaired) electrons. The number of carbonyl (C=O) groups is 2. The van der Waals surface area contributed by atoms with Crippen LogP contribution in [0.25, 0.3) is 0 Å². The molecule has 0 aliphatic carbocycles. The third-order valence-corrected chi connectivity index (χ3v) is 3.06. The maximum Gasteiger partial charge on any atom is 0.407 e. The van der Waals surface area contributed by atoms with Gasteiger partial charge in [-0.05, 0) is 19.3 Å². The van der Waals surface area contributed by atoms with Crippen LogP contribution in [-0.4, -0.2) is 81.7 Å². The Hall–Kier alpha value is -1.42. The van der Waals surface area contributed by atoms with E-state index < -0.39 is 6.09 Å². The predicted molar refractivity (Wildman–Crippen MR) is 89.1 cm³/mol. The summed E-state index contributed by atoms with van der Waals surface area (Å²) < 4.78 is 20.4. The largest absolute Gasteiger partial charge is 0.463 e. The van der Waals surface area contributed by atoms with Gasteiger partial charge in [-0.25, -0.2) is 4.79 Å². The van der Waals surface area contributed by atoms with E-state index in [2.05, 4.69) is 5.32 Å². The van der Waals surface area contributed by atoms with Gasteiger partial charge in [0.25, 0.3) is 0 Å².